The summed E-state index contributed by atoms with van der Waals surface area (Å²) in [6, 6.07) is 16.7. The lowest BCUT2D eigenvalue weighted by molar-refractivity contribution is -0.0590. The van der Waals surface area contributed by atoms with Crippen molar-refractivity contribution in [1.82, 2.24) is 24.3 Å². The zero-order chi connectivity index (χ0) is 27.6. The van der Waals surface area contributed by atoms with Crippen molar-refractivity contribution in [3.05, 3.63) is 95.3 Å². The number of nitrogens with zero attached hydrogens (tertiary/aromatic N) is 6. The van der Waals surface area contributed by atoms with Gasteiger partial charge in [0.15, 0.2) is 0 Å². The quantitative estimate of drug-likeness (QED) is 0.302. The van der Waals surface area contributed by atoms with Crippen LogP contribution in [0.2, 0.25) is 0 Å². The largest absolute Gasteiger partial charge is 0.473 e. The van der Waals surface area contributed by atoms with Gasteiger partial charge in [-0.25, -0.2) is 14.4 Å². The average Bonchev–Trinajstić information content (AvgIpc) is 3.54. The third-order valence-corrected chi connectivity index (χ3v) is 6.81. The highest BCUT2D eigenvalue weighted by molar-refractivity contribution is 5.96. The first-order valence-electron chi connectivity index (χ1n) is 12.7. The number of pyridine rings is 1. The maximum absolute atomic E-state index is 14.2. The Morgan fingerprint density at radius 1 is 1.20 bits per heavy atom. The van der Waals surface area contributed by atoms with Gasteiger partial charge < -0.3 is 19.8 Å². The van der Waals surface area contributed by atoms with Crippen LogP contribution in [0.5, 0.6) is 5.88 Å². The second-order valence-electron chi connectivity index (χ2n) is 9.48. The number of fused-ring (bicyclic) bond motifs is 1. The topological polar surface area (TPSA) is 134 Å². The van der Waals surface area contributed by atoms with Crippen LogP contribution in [0.4, 0.5) is 4.39 Å². The van der Waals surface area contributed by atoms with Gasteiger partial charge in [-0.1, -0.05) is 12.1 Å². The van der Waals surface area contributed by atoms with Gasteiger partial charge in [0.05, 0.1) is 53.8 Å². The number of amides is 1. The van der Waals surface area contributed by atoms with E-state index in [0.29, 0.717) is 35.8 Å². The SMILES string of the molecule is N#Cc1ccc(COc2cccc(-c3cnn(Cc4nc5ccc(C(N)=O)cc5n4C[C@@H]4CCO4)c3)n2)c(F)c1. The number of primary amides is 1. The highest BCUT2D eigenvalue weighted by atomic mass is 19.1. The molecule has 6 rings (SSSR count). The molecule has 3 aromatic heterocycles. The van der Waals surface area contributed by atoms with Gasteiger partial charge in [-0.15, -0.1) is 0 Å². The number of carbonyl (C=O) groups is 1. The summed E-state index contributed by atoms with van der Waals surface area (Å²) in [5.41, 5.74) is 9.51. The van der Waals surface area contributed by atoms with Crippen molar-refractivity contribution in [2.24, 2.45) is 5.73 Å². The van der Waals surface area contributed by atoms with Crippen LogP contribution in [0.15, 0.2) is 67.0 Å². The molecule has 0 spiro atoms. The van der Waals surface area contributed by atoms with Crippen molar-refractivity contribution in [1.29, 1.82) is 5.26 Å². The molecule has 10 nitrogen and oxygen atoms in total. The minimum atomic E-state index is -0.503. The second kappa shape index (κ2) is 10.6. The fourth-order valence-electron chi connectivity index (χ4n) is 4.55. The lowest BCUT2D eigenvalue weighted by atomic mass is 10.1. The summed E-state index contributed by atoms with van der Waals surface area (Å²) in [5.74, 6) is 0.114. The van der Waals surface area contributed by atoms with Crippen molar-refractivity contribution in [2.75, 3.05) is 6.61 Å². The molecule has 2 aromatic carbocycles. The van der Waals surface area contributed by atoms with Crippen molar-refractivity contribution in [2.45, 2.75) is 32.2 Å². The summed E-state index contributed by atoms with van der Waals surface area (Å²) < 4.78 is 29.4. The number of aromatic nitrogens is 5. The first-order valence-corrected chi connectivity index (χ1v) is 12.7. The highest BCUT2D eigenvalue weighted by Gasteiger charge is 2.22. The van der Waals surface area contributed by atoms with Gasteiger partial charge in [0, 0.05) is 35.6 Å². The predicted molar refractivity (Wildman–Crippen MR) is 143 cm³/mol. The number of nitrogens with two attached hydrogens (primary N) is 1. The van der Waals surface area contributed by atoms with Crippen LogP contribution in [-0.2, 0) is 24.4 Å². The molecule has 0 saturated carbocycles. The number of carbonyl (C=O) groups excluding carboxylic acids is 1. The van der Waals surface area contributed by atoms with Gasteiger partial charge in [-0.2, -0.15) is 10.4 Å². The number of hydrogen-bond donors (Lipinski definition) is 1. The molecule has 200 valence electrons. The summed E-state index contributed by atoms with van der Waals surface area (Å²) in [4.78, 5) is 21.1. The molecule has 1 amide bonds. The summed E-state index contributed by atoms with van der Waals surface area (Å²) in [5, 5.41) is 13.4. The van der Waals surface area contributed by atoms with E-state index in [0.717, 1.165) is 35.4 Å². The highest BCUT2D eigenvalue weighted by Crippen LogP contribution is 2.24. The summed E-state index contributed by atoms with van der Waals surface area (Å²) in [6.07, 6.45) is 4.62. The molecular weight excluding hydrogens is 513 g/mol. The van der Waals surface area contributed by atoms with Crippen LogP contribution < -0.4 is 10.5 Å². The number of benzene rings is 2. The van der Waals surface area contributed by atoms with Gasteiger partial charge in [0.25, 0.3) is 0 Å². The van der Waals surface area contributed by atoms with E-state index < -0.39 is 11.7 Å². The fraction of sp³-hybridized carbons (Fsp3) is 0.207. The van der Waals surface area contributed by atoms with Gasteiger partial charge in [-0.3, -0.25) is 9.48 Å². The Kier molecular flexibility index (Phi) is 6.67. The number of nitriles is 1. The zero-order valence-corrected chi connectivity index (χ0v) is 21.3. The molecule has 1 atom stereocenters. The number of hydrogen-bond acceptors (Lipinski definition) is 7. The number of imidazole rings is 1. The number of ether oxygens (including phenoxy) is 2. The Morgan fingerprint density at radius 2 is 2.08 bits per heavy atom. The molecule has 0 unspecified atom stereocenters. The maximum Gasteiger partial charge on any atom is 0.248 e. The third-order valence-electron chi connectivity index (χ3n) is 6.81. The summed E-state index contributed by atoms with van der Waals surface area (Å²) in [7, 11) is 0. The van der Waals surface area contributed by atoms with E-state index in [2.05, 4.69) is 14.6 Å². The van der Waals surface area contributed by atoms with Gasteiger partial charge in [-0.05, 0) is 42.8 Å². The van der Waals surface area contributed by atoms with Crippen LogP contribution in [0.1, 0.15) is 33.7 Å². The van der Waals surface area contributed by atoms with E-state index in [4.69, 9.17) is 25.5 Å². The van der Waals surface area contributed by atoms with Gasteiger partial charge in [0.2, 0.25) is 11.8 Å². The van der Waals surface area contributed by atoms with Crippen LogP contribution in [0.3, 0.4) is 0 Å². The Morgan fingerprint density at radius 3 is 2.83 bits per heavy atom. The summed E-state index contributed by atoms with van der Waals surface area (Å²) >= 11 is 0. The Hall–Kier alpha value is -5.08. The normalized spacial score (nSPS) is 14.6. The van der Waals surface area contributed by atoms with Crippen molar-refractivity contribution >= 4 is 16.9 Å². The predicted octanol–water partition coefficient (Wildman–Crippen LogP) is 3.82. The molecule has 5 aromatic rings. The lowest BCUT2D eigenvalue weighted by Gasteiger charge is -2.27. The molecule has 40 heavy (non-hydrogen) atoms. The first-order chi connectivity index (χ1) is 19.5. The van der Waals surface area contributed by atoms with Crippen LogP contribution in [-0.4, -0.2) is 42.9 Å². The molecule has 1 saturated heterocycles. The Bertz CT molecular complexity index is 1770. The molecule has 2 N–H and O–H groups in total. The smallest absolute Gasteiger partial charge is 0.248 e. The number of rotatable bonds is 9. The van der Waals surface area contributed by atoms with Gasteiger partial charge in [0.1, 0.15) is 18.2 Å². The molecule has 0 aliphatic carbocycles. The van der Waals surface area contributed by atoms with Crippen molar-refractivity contribution in [3.8, 4) is 23.2 Å². The molecule has 4 heterocycles. The number of halogens is 1. The maximum atomic E-state index is 14.2. The average molecular weight is 538 g/mol. The van der Waals surface area contributed by atoms with E-state index in [1.54, 1.807) is 47.3 Å². The third kappa shape index (κ3) is 5.12. The van der Waals surface area contributed by atoms with Crippen LogP contribution >= 0.6 is 0 Å². The molecule has 0 radical (unpaired) electrons. The monoisotopic (exact) mass is 537 g/mol. The van der Waals surface area contributed by atoms with Crippen LogP contribution in [0, 0.1) is 17.1 Å². The molecule has 0 bridgehead atoms. The Balaban J connectivity index is 1.21. The van der Waals surface area contributed by atoms with E-state index >= 15 is 0 Å². The molecule has 1 aliphatic rings. The van der Waals surface area contributed by atoms with E-state index in [1.807, 2.05) is 18.3 Å². The van der Waals surface area contributed by atoms with Crippen LogP contribution in [0.25, 0.3) is 22.3 Å². The minimum Gasteiger partial charge on any atom is -0.473 e. The van der Waals surface area contributed by atoms with Crippen molar-refractivity contribution in [3.63, 3.8) is 0 Å². The fourth-order valence-corrected chi connectivity index (χ4v) is 4.55. The molecular formula is C29H24FN7O3. The Labute approximate surface area is 228 Å². The standard InChI is InChI=1S/C29H24FN7O3/c30-23-10-18(12-31)4-5-20(23)17-40-28-3-1-2-24(35-28)21-13-33-36(14-21)16-27-34-25-7-6-19(29(32)38)11-26(25)37(27)15-22-8-9-39-22/h1-7,10-11,13-14,22H,8-9,15-17H2,(H2,32,38)/t22-/m0/s1. The second-order valence-corrected chi connectivity index (χ2v) is 9.48. The minimum absolute atomic E-state index is 0.0222. The zero-order valence-electron chi connectivity index (χ0n) is 21.3. The molecule has 11 heteroatoms. The lowest BCUT2D eigenvalue weighted by Crippen LogP contribution is -2.32. The van der Waals surface area contributed by atoms with E-state index in [9.17, 15) is 9.18 Å². The molecule has 1 aliphatic heterocycles. The van der Waals surface area contributed by atoms with Gasteiger partial charge >= 0.3 is 0 Å². The van der Waals surface area contributed by atoms with E-state index in [-0.39, 0.29) is 18.3 Å². The summed E-state index contributed by atoms with van der Waals surface area (Å²) in [6.45, 7) is 1.72. The van der Waals surface area contributed by atoms with E-state index in [1.165, 1.54) is 12.1 Å². The van der Waals surface area contributed by atoms with Crippen molar-refractivity contribution < 1.29 is 18.7 Å². The first kappa shape index (κ1) is 25.2. The molecule has 1 fully saturated rings.